The van der Waals surface area contributed by atoms with Gasteiger partial charge in [-0.05, 0) is 30.7 Å². The molecule has 0 bridgehead atoms. The average molecular weight is 350 g/mol. The number of hydrazone groups is 1. The molecule has 0 aliphatic heterocycles. The maximum Gasteiger partial charge on any atom is 0.329 e. The number of amides is 2. The van der Waals surface area contributed by atoms with Gasteiger partial charge in [-0.2, -0.15) is 5.10 Å². The van der Waals surface area contributed by atoms with Crippen molar-refractivity contribution in [1.29, 1.82) is 0 Å². The molecule has 0 aromatic heterocycles. The molecule has 2 rings (SSSR count). The number of hydrogen-bond acceptors (Lipinski definition) is 3. The zero-order valence-corrected chi connectivity index (χ0v) is 13.7. The van der Waals surface area contributed by atoms with Crippen molar-refractivity contribution in [2.75, 3.05) is 5.32 Å². The Kier molecular flexibility index (Phi) is 5.73. The minimum Gasteiger partial charge on any atom is -0.318 e. The molecule has 0 atom stereocenters. The van der Waals surface area contributed by atoms with Crippen molar-refractivity contribution in [1.82, 2.24) is 5.43 Å². The highest BCUT2D eigenvalue weighted by Gasteiger charge is 2.13. The summed E-state index contributed by atoms with van der Waals surface area (Å²) in [7, 11) is 0. The fourth-order valence-electron chi connectivity index (χ4n) is 1.68. The fraction of sp³-hybridized carbons (Fsp3) is 0.0625. The van der Waals surface area contributed by atoms with Gasteiger partial charge in [0.05, 0.1) is 6.21 Å². The smallest absolute Gasteiger partial charge is 0.318 e. The van der Waals surface area contributed by atoms with E-state index in [1.54, 1.807) is 0 Å². The van der Waals surface area contributed by atoms with Crippen LogP contribution < -0.4 is 10.7 Å². The average Bonchev–Trinajstić information content (AvgIpc) is 2.48. The van der Waals surface area contributed by atoms with E-state index >= 15 is 0 Å². The highest BCUT2D eigenvalue weighted by molar-refractivity contribution is 6.40. The maximum atomic E-state index is 11.7. The summed E-state index contributed by atoms with van der Waals surface area (Å²) in [6, 6.07) is 12.0. The van der Waals surface area contributed by atoms with Crippen molar-refractivity contribution in [2.45, 2.75) is 6.92 Å². The number of rotatable bonds is 3. The number of benzene rings is 2. The number of carbonyl (C=O) groups is 2. The van der Waals surface area contributed by atoms with Crippen LogP contribution in [0.15, 0.2) is 47.6 Å². The molecule has 23 heavy (non-hydrogen) atoms. The summed E-state index contributed by atoms with van der Waals surface area (Å²) in [5, 5.41) is 6.82. The normalized spacial score (nSPS) is 10.6. The first-order valence-corrected chi connectivity index (χ1v) is 7.37. The van der Waals surface area contributed by atoms with E-state index in [-0.39, 0.29) is 0 Å². The van der Waals surface area contributed by atoms with E-state index in [0.29, 0.717) is 15.7 Å². The second kappa shape index (κ2) is 7.76. The van der Waals surface area contributed by atoms with Gasteiger partial charge in [-0.25, -0.2) is 5.43 Å². The van der Waals surface area contributed by atoms with E-state index in [4.69, 9.17) is 23.2 Å². The highest BCUT2D eigenvalue weighted by Crippen LogP contribution is 2.22. The summed E-state index contributed by atoms with van der Waals surface area (Å²) in [5.41, 5.74) is 4.39. The van der Waals surface area contributed by atoms with Crippen LogP contribution in [-0.4, -0.2) is 18.0 Å². The molecule has 5 nitrogen and oxygen atoms in total. The van der Waals surface area contributed by atoms with Gasteiger partial charge in [-0.15, -0.1) is 0 Å². The molecule has 2 aromatic carbocycles. The van der Waals surface area contributed by atoms with Crippen LogP contribution in [0.5, 0.6) is 0 Å². The molecule has 0 fully saturated rings. The van der Waals surface area contributed by atoms with Crippen molar-refractivity contribution in [3.05, 3.63) is 63.6 Å². The molecule has 0 aliphatic carbocycles. The molecule has 2 N–H and O–H groups in total. The zero-order chi connectivity index (χ0) is 16.8. The lowest BCUT2D eigenvalue weighted by molar-refractivity contribution is -0.136. The Morgan fingerprint density at radius 3 is 2.22 bits per heavy atom. The van der Waals surface area contributed by atoms with Crippen LogP contribution in [0.1, 0.15) is 11.1 Å². The van der Waals surface area contributed by atoms with E-state index < -0.39 is 11.8 Å². The SMILES string of the molecule is Cc1ccc(/C=N\NC(=O)C(=O)Nc2cc(Cl)cc(Cl)c2)cc1. The number of nitrogens with zero attached hydrogens (tertiary/aromatic N) is 1. The van der Waals surface area contributed by atoms with Crippen LogP contribution in [0, 0.1) is 6.92 Å². The molecular formula is C16H13Cl2N3O2. The second-order valence-corrected chi connectivity index (χ2v) is 5.59. The van der Waals surface area contributed by atoms with Gasteiger partial charge >= 0.3 is 11.8 Å². The van der Waals surface area contributed by atoms with Gasteiger partial charge in [0, 0.05) is 15.7 Å². The molecule has 7 heteroatoms. The second-order valence-electron chi connectivity index (χ2n) is 4.72. The summed E-state index contributed by atoms with van der Waals surface area (Å²) < 4.78 is 0. The highest BCUT2D eigenvalue weighted by atomic mass is 35.5. The predicted molar refractivity (Wildman–Crippen MR) is 92.0 cm³/mol. The first-order chi connectivity index (χ1) is 10.9. The summed E-state index contributed by atoms with van der Waals surface area (Å²) >= 11 is 11.6. The largest absolute Gasteiger partial charge is 0.329 e. The van der Waals surface area contributed by atoms with Gasteiger partial charge in [-0.3, -0.25) is 9.59 Å². The Labute approximate surface area is 143 Å². The van der Waals surface area contributed by atoms with Crippen LogP contribution in [-0.2, 0) is 9.59 Å². The van der Waals surface area contributed by atoms with E-state index in [9.17, 15) is 9.59 Å². The molecule has 0 radical (unpaired) electrons. The third-order valence-corrected chi connectivity index (χ3v) is 3.22. The molecule has 0 aliphatic rings. The number of aryl methyl sites for hydroxylation is 1. The Balaban J connectivity index is 1.92. The number of hydrogen-bond donors (Lipinski definition) is 2. The van der Waals surface area contributed by atoms with Crippen molar-refractivity contribution in [3.63, 3.8) is 0 Å². The van der Waals surface area contributed by atoms with E-state index in [1.807, 2.05) is 31.2 Å². The summed E-state index contributed by atoms with van der Waals surface area (Å²) in [4.78, 5) is 23.4. The summed E-state index contributed by atoms with van der Waals surface area (Å²) in [5.74, 6) is -1.77. The number of anilines is 1. The fourth-order valence-corrected chi connectivity index (χ4v) is 2.21. The lowest BCUT2D eigenvalue weighted by Crippen LogP contribution is -2.32. The van der Waals surface area contributed by atoms with Crippen molar-refractivity contribution >= 4 is 46.9 Å². The predicted octanol–water partition coefficient (Wildman–Crippen LogP) is 3.39. The summed E-state index contributed by atoms with van der Waals surface area (Å²) in [6.45, 7) is 1.97. The lowest BCUT2D eigenvalue weighted by atomic mass is 10.2. The maximum absolute atomic E-state index is 11.7. The van der Waals surface area contributed by atoms with Gasteiger partial charge in [0.25, 0.3) is 0 Å². The van der Waals surface area contributed by atoms with Crippen LogP contribution in [0.3, 0.4) is 0 Å². The molecule has 0 unspecified atom stereocenters. The third-order valence-electron chi connectivity index (χ3n) is 2.78. The van der Waals surface area contributed by atoms with Crippen LogP contribution in [0.4, 0.5) is 5.69 Å². The minimum absolute atomic E-state index is 0.324. The number of halogens is 2. The molecule has 0 heterocycles. The van der Waals surface area contributed by atoms with E-state index in [0.717, 1.165) is 11.1 Å². The topological polar surface area (TPSA) is 70.6 Å². The van der Waals surface area contributed by atoms with Gasteiger partial charge in [0.2, 0.25) is 0 Å². The van der Waals surface area contributed by atoms with Gasteiger partial charge < -0.3 is 5.32 Å². The zero-order valence-electron chi connectivity index (χ0n) is 12.1. The number of carbonyl (C=O) groups excluding carboxylic acids is 2. The number of nitrogens with one attached hydrogen (secondary N) is 2. The van der Waals surface area contributed by atoms with Crippen molar-refractivity contribution in [2.24, 2.45) is 5.10 Å². The first-order valence-electron chi connectivity index (χ1n) is 6.61. The van der Waals surface area contributed by atoms with Crippen LogP contribution >= 0.6 is 23.2 Å². The molecule has 118 valence electrons. The van der Waals surface area contributed by atoms with Gasteiger partial charge in [0.1, 0.15) is 0 Å². The minimum atomic E-state index is -0.899. The Hall–Kier alpha value is -2.37. The van der Waals surface area contributed by atoms with Crippen LogP contribution in [0.25, 0.3) is 0 Å². The van der Waals surface area contributed by atoms with Crippen molar-refractivity contribution in [3.8, 4) is 0 Å². The molecule has 0 saturated heterocycles. The Morgan fingerprint density at radius 1 is 1.00 bits per heavy atom. The Morgan fingerprint density at radius 2 is 1.61 bits per heavy atom. The molecule has 0 saturated carbocycles. The monoisotopic (exact) mass is 349 g/mol. The quantitative estimate of drug-likeness (QED) is 0.506. The molecule has 2 amide bonds. The first kappa shape index (κ1) is 17.0. The van der Waals surface area contributed by atoms with Gasteiger partial charge in [0.15, 0.2) is 0 Å². The standard InChI is InChI=1S/C16H13Cl2N3O2/c1-10-2-4-11(5-3-10)9-19-21-16(23)15(22)20-14-7-12(17)6-13(18)8-14/h2-9H,1H3,(H,20,22)(H,21,23)/b19-9-. The Bertz CT molecular complexity index is 738. The summed E-state index contributed by atoms with van der Waals surface area (Å²) in [6.07, 6.45) is 1.45. The lowest BCUT2D eigenvalue weighted by Gasteiger charge is -2.05. The van der Waals surface area contributed by atoms with E-state index in [2.05, 4.69) is 15.8 Å². The molecule has 0 spiro atoms. The molecular weight excluding hydrogens is 337 g/mol. The van der Waals surface area contributed by atoms with Gasteiger partial charge in [-0.1, -0.05) is 53.0 Å². The molecule has 2 aromatic rings. The van der Waals surface area contributed by atoms with E-state index in [1.165, 1.54) is 24.4 Å². The van der Waals surface area contributed by atoms with Crippen LogP contribution in [0.2, 0.25) is 10.0 Å². The third kappa shape index (κ3) is 5.39. The van der Waals surface area contributed by atoms with Crippen molar-refractivity contribution < 1.29 is 9.59 Å².